The molecule has 0 amide bonds. The Morgan fingerprint density at radius 3 is 2.46 bits per heavy atom. The van der Waals surface area contributed by atoms with Crippen LogP contribution in [0.4, 0.5) is 20.4 Å². The summed E-state index contributed by atoms with van der Waals surface area (Å²) in [6.45, 7) is 0.874. The third-order valence-electron chi connectivity index (χ3n) is 3.67. The zero-order valence-corrected chi connectivity index (χ0v) is 15.2. The molecule has 7 heteroatoms. The van der Waals surface area contributed by atoms with Crippen LogP contribution >= 0.6 is 11.8 Å². The lowest BCUT2D eigenvalue weighted by Crippen LogP contribution is -2.08. The molecule has 0 saturated carbocycles. The molecule has 4 nitrogen and oxygen atoms in total. The molecule has 0 unspecified atom stereocenters. The Kier molecular flexibility index (Phi) is 5.46. The maximum atomic E-state index is 13.5. The SMILES string of the molecule is CSc1nc(Cc2ccccc2)nc(Nc2cccc(C(C)(F)F)c2)n1. The second kappa shape index (κ2) is 7.78. The first-order valence-corrected chi connectivity index (χ1v) is 9.25. The van der Waals surface area contributed by atoms with Crippen LogP contribution in [-0.2, 0) is 12.3 Å². The summed E-state index contributed by atoms with van der Waals surface area (Å²) in [4.78, 5) is 13.2. The summed E-state index contributed by atoms with van der Waals surface area (Å²) in [5.74, 6) is -1.94. The van der Waals surface area contributed by atoms with E-state index in [1.807, 2.05) is 36.6 Å². The number of thioether (sulfide) groups is 1. The Bertz CT molecular complexity index is 882. The molecule has 1 aromatic heterocycles. The van der Waals surface area contributed by atoms with E-state index in [0.29, 0.717) is 29.0 Å². The number of benzene rings is 2. The Hall–Kier alpha value is -2.54. The van der Waals surface area contributed by atoms with Crippen LogP contribution < -0.4 is 5.32 Å². The first-order valence-electron chi connectivity index (χ1n) is 8.02. The van der Waals surface area contributed by atoms with Gasteiger partial charge in [0.1, 0.15) is 5.82 Å². The normalized spacial score (nSPS) is 11.4. The zero-order valence-electron chi connectivity index (χ0n) is 14.4. The van der Waals surface area contributed by atoms with E-state index in [4.69, 9.17) is 0 Å². The molecule has 3 aromatic rings. The fourth-order valence-electron chi connectivity index (χ4n) is 2.40. The van der Waals surface area contributed by atoms with E-state index in [1.165, 1.54) is 23.9 Å². The highest BCUT2D eigenvalue weighted by Gasteiger charge is 2.24. The van der Waals surface area contributed by atoms with Gasteiger partial charge in [0.25, 0.3) is 5.92 Å². The van der Waals surface area contributed by atoms with Gasteiger partial charge in [0.15, 0.2) is 5.16 Å². The van der Waals surface area contributed by atoms with E-state index in [9.17, 15) is 8.78 Å². The minimum atomic E-state index is -2.90. The molecule has 3 rings (SSSR count). The molecule has 0 bridgehead atoms. The lowest BCUT2D eigenvalue weighted by molar-refractivity contribution is 0.0175. The summed E-state index contributed by atoms with van der Waals surface area (Å²) in [6.07, 6.45) is 2.45. The van der Waals surface area contributed by atoms with Crippen molar-refractivity contribution in [2.24, 2.45) is 0 Å². The van der Waals surface area contributed by atoms with Crippen molar-refractivity contribution in [2.45, 2.75) is 24.4 Å². The van der Waals surface area contributed by atoms with Crippen LogP contribution in [0.5, 0.6) is 0 Å². The quantitative estimate of drug-likeness (QED) is 0.614. The van der Waals surface area contributed by atoms with Crippen molar-refractivity contribution in [3.63, 3.8) is 0 Å². The number of anilines is 2. The number of nitrogens with zero attached hydrogens (tertiary/aromatic N) is 3. The first kappa shape index (κ1) is 18.3. The molecule has 2 aromatic carbocycles. The topological polar surface area (TPSA) is 50.7 Å². The zero-order chi connectivity index (χ0) is 18.6. The van der Waals surface area contributed by atoms with Gasteiger partial charge in [-0.1, -0.05) is 54.2 Å². The van der Waals surface area contributed by atoms with Crippen molar-refractivity contribution < 1.29 is 8.78 Å². The van der Waals surface area contributed by atoms with Gasteiger partial charge in [0, 0.05) is 24.6 Å². The summed E-state index contributed by atoms with van der Waals surface area (Å²) < 4.78 is 27.1. The van der Waals surface area contributed by atoms with Crippen LogP contribution in [0, 0.1) is 0 Å². The number of halogens is 2. The smallest absolute Gasteiger partial charge is 0.270 e. The monoisotopic (exact) mass is 372 g/mol. The standard InChI is InChI=1S/C19H18F2N4S/c1-19(20,21)14-9-6-10-15(12-14)22-17-23-16(24-18(25-17)26-2)11-13-7-4-3-5-8-13/h3-10,12H,11H2,1-2H3,(H,22,23,24,25). The molecule has 0 saturated heterocycles. The average Bonchev–Trinajstić information content (AvgIpc) is 2.62. The molecule has 0 radical (unpaired) electrons. The average molecular weight is 372 g/mol. The maximum Gasteiger partial charge on any atom is 0.270 e. The predicted molar refractivity (Wildman–Crippen MR) is 100 cm³/mol. The molecule has 0 aliphatic rings. The summed E-state index contributed by atoms with van der Waals surface area (Å²) in [5, 5.41) is 3.58. The molecule has 1 heterocycles. The predicted octanol–water partition coefficient (Wildman–Crippen LogP) is 5.04. The molecular weight excluding hydrogens is 354 g/mol. The maximum absolute atomic E-state index is 13.5. The molecule has 1 N–H and O–H groups in total. The van der Waals surface area contributed by atoms with Gasteiger partial charge in [-0.2, -0.15) is 9.97 Å². The van der Waals surface area contributed by atoms with E-state index >= 15 is 0 Å². The van der Waals surface area contributed by atoms with Gasteiger partial charge in [-0.25, -0.2) is 13.8 Å². The molecule has 0 aliphatic carbocycles. The van der Waals surface area contributed by atoms with Crippen molar-refractivity contribution in [1.82, 2.24) is 15.0 Å². The molecule has 0 aliphatic heterocycles. The third kappa shape index (κ3) is 4.76. The van der Waals surface area contributed by atoms with Crippen LogP contribution in [0.2, 0.25) is 0 Å². The number of hydrogen-bond donors (Lipinski definition) is 1. The van der Waals surface area contributed by atoms with Gasteiger partial charge < -0.3 is 5.32 Å². The number of hydrogen-bond acceptors (Lipinski definition) is 5. The van der Waals surface area contributed by atoms with Crippen LogP contribution in [0.15, 0.2) is 59.8 Å². The Balaban J connectivity index is 1.87. The van der Waals surface area contributed by atoms with E-state index < -0.39 is 5.92 Å². The van der Waals surface area contributed by atoms with Crippen LogP contribution in [-0.4, -0.2) is 21.2 Å². The Labute approximate surface area is 155 Å². The number of nitrogens with one attached hydrogen (secondary N) is 1. The largest absolute Gasteiger partial charge is 0.324 e. The minimum Gasteiger partial charge on any atom is -0.324 e. The summed E-state index contributed by atoms with van der Waals surface area (Å²) >= 11 is 1.40. The Morgan fingerprint density at radius 2 is 1.77 bits per heavy atom. The van der Waals surface area contributed by atoms with Crippen molar-refractivity contribution in [3.05, 3.63) is 71.5 Å². The van der Waals surface area contributed by atoms with Crippen LogP contribution in [0.25, 0.3) is 0 Å². The van der Waals surface area contributed by atoms with Crippen LogP contribution in [0.3, 0.4) is 0 Å². The molecule has 0 fully saturated rings. The number of alkyl halides is 2. The highest BCUT2D eigenvalue weighted by molar-refractivity contribution is 7.98. The van der Waals surface area contributed by atoms with Gasteiger partial charge in [0.05, 0.1) is 0 Å². The molecule has 134 valence electrons. The highest BCUT2D eigenvalue weighted by atomic mass is 32.2. The second-order valence-corrected chi connectivity index (χ2v) is 6.59. The van der Waals surface area contributed by atoms with Crippen molar-refractivity contribution in [3.8, 4) is 0 Å². The highest BCUT2D eigenvalue weighted by Crippen LogP contribution is 2.29. The molecule has 0 spiro atoms. The van der Waals surface area contributed by atoms with Crippen molar-refractivity contribution in [1.29, 1.82) is 0 Å². The first-order chi connectivity index (χ1) is 12.4. The fourth-order valence-corrected chi connectivity index (χ4v) is 2.78. The summed E-state index contributed by atoms with van der Waals surface area (Å²) in [7, 11) is 0. The van der Waals surface area contributed by atoms with E-state index in [2.05, 4.69) is 20.3 Å². The molecular formula is C19H18F2N4S. The second-order valence-electron chi connectivity index (χ2n) is 5.82. The lowest BCUT2D eigenvalue weighted by Gasteiger charge is -2.13. The van der Waals surface area contributed by atoms with Crippen molar-refractivity contribution in [2.75, 3.05) is 11.6 Å². The minimum absolute atomic E-state index is 0.0637. The number of aromatic nitrogens is 3. The molecule has 0 atom stereocenters. The Morgan fingerprint density at radius 1 is 1.00 bits per heavy atom. The fraction of sp³-hybridized carbons (Fsp3) is 0.211. The van der Waals surface area contributed by atoms with E-state index in [-0.39, 0.29) is 5.56 Å². The molecule has 26 heavy (non-hydrogen) atoms. The van der Waals surface area contributed by atoms with Gasteiger partial charge in [0.2, 0.25) is 5.95 Å². The van der Waals surface area contributed by atoms with Gasteiger partial charge in [-0.15, -0.1) is 0 Å². The number of rotatable bonds is 6. The van der Waals surface area contributed by atoms with Crippen LogP contribution in [0.1, 0.15) is 23.9 Å². The van der Waals surface area contributed by atoms with Gasteiger partial charge in [-0.05, 0) is 24.0 Å². The van der Waals surface area contributed by atoms with Crippen molar-refractivity contribution >= 4 is 23.4 Å². The van der Waals surface area contributed by atoms with Gasteiger partial charge >= 0.3 is 0 Å². The lowest BCUT2D eigenvalue weighted by atomic mass is 10.1. The van der Waals surface area contributed by atoms with Gasteiger partial charge in [-0.3, -0.25) is 0 Å². The third-order valence-corrected chi connectivity index (χ3v) is 4.22. The summed E-state index contributed by atoms with van der Waals surface area (Å²) in [5.41, 5.74) is 1.53. The van der Waals surface area contributed by atoms with E-state index in [0.717, 1.165) is 12.5 Å². The van der Waals surface area contributed by atoms with E-state index in [1.54, 1.807) is 12.1 Å². The summed E-state index contributed by atoms with van der Waals surface area (Å²) in [6, 6.07) is 16.0.